The smallest absolute Gasteiger partial charge is 0.272 e. The quantitative estimate of drug-likeness (QED) is 0.926. The van der Waals surface area contributed by atoms with Crippen LogP contribution in [0, 0.1) is 0 Å². The van der Waals surface area contributed by atoms with E-state index in [1.165, 1.54) is 5.69 Å². The van der Waals surface area contributed by atoms with Crippen LogP contribution in [0.4, 0.5) is 0 Å². The molecule has 2 aliphatic rings. The molecular weight excluding hydrogens is 306 g/mol. The maximum Gasteiger partial charge on any atom is 0.272 e. The maximum absolute atomic E-state index is 12.6. The number of carbonyl (C=O) groups is 1. The minimum Gasteiger partial charge on any atom is -0.369 e. The molecule has 2 aliphatic heterocycles. The lowest BCUT2D eigenvalue weighted by Gasteiger charge is -2.26. The topological polar surface area (TPSA) is 74.0 Å². The Morgan fingerprint density at radius 2 is 2.25 bits per heavy atom. The summed E-state index contributed by atoms with van der Waals surface area (Å²) >= 11 is 0. The lowest BCUT2D eigenvalue weighted by atomic mass is 9.99. The van der Waals surface area contributed by atoms with Crippen LogP contribution in [0.1, 0.15) is 59.5 Å². The highest BCUT2D eigenvalue weighted by Gasteiger charge is 2.31. The zero-order valence-corrected chi connectivity index (χ0v) is 14.4. The Morgan fingerprint density at radius 1 is 1.42 bits per heavy atom. The fourth-order valence-electron chi connectivity index (χ4n) is 3.88. The van der Waals surface area contributed by atoms with E-state index in [0.29, 0.717) is 12.2 Å². The summed E-state index contributed by atoms with van der Waals surface area (Å²) in [4.78, 5) is 12.6. The lowest BCUT2D eigenvalue weighted by Crippen LogP contribution is -2.27. The van der Waals surface area contributed by atoms with Crippen molar-refractivity contribution in [3.05, 3.63) is 34.4 Å². The molecule has 0 spiro atoms. The number of rotatable bonds is 3. The molecule has 7 heteroatoms. The number of amides is 1. The van der Waals surface area contributed by atoms with Gasteiger partial charge in [-0.25, -0.2) is 0 Å². The number of hydrogen-bond donors (Lipinski definition) is 1. The second kappa shape index (κ2) is 5.73. The van der Waals surface area contributed by atoms with Crippen LogP contribution in [0.3, 0.4) is 0 Å². The standard InChI is InChI=1S/C17H23N5O2/c1-10-7-14-15(20-21(3)16(14)11(2)24-10)17(23)18-9-12-8-13-5-4-6-22(13)19-12/h8,10-11H,4-7,9H2,1-3H3,(H,18,23)/t10-,11+/m1/s1. The number of nitrogens with zero attached hydrogens (tertiary/aromatic N) is 4. The summed E-state index contributed by atoms with van der Waals surface area (Å²) in [6.45, 7) is 5.45. The molecule has 1 N–H and O–H groups in total. The van der Waals surface area contributed by atoms with Crippen LogP contribution >= 0.6 is 0 Å². The average Bonchev–Trinajstić information content (AvgIpc) is 3.17. The molecule has 0 unspecified atom stereocenters. The monoisotopic (exact) mass is 329 g/mol. The number of nitrogens with one attached hydrogen (secondary N) is 1. The van der Waals surface area contributed by atoms with Gasteiger partial charge in [0.15, 0.2) is 5.69 Å². The third-order valence-corrected chi connectivity index (χ3v) is 4.87. The van der Waals surface area contributed by atoms with Crippen LogP contribution < -0.4 is 5.32 Å². The second-order valence-electron chi connectivity index (χ2n) is 6.77. The molecule has 0 saturated heterocycles. The number of ether oxygens (including phenoxy) is 1. The van der Waals surface area contributed by atoms with Gasteiger partial charge in [-0.2, -0.15) is 10.2 Å². The van der Waals surface area contributed by atoms with Crippen molar-refractivity contribution in [2.24, 2.45) is 7.05 Å². The van der Waals surface area contributed by atoms with Crippen LogP contribution in [0.2, 0.25) is 0 Å². The Balaban J connectivity index is 1.51. The van der Waals surface area contributed by atoms with E-state index in [-0.39, 0.29) is 18.1 Å². The number of fused-ring (bicyclic) bond motifs is 2. The molecule has 0 fully saturated rings. The van der Waals surface area contributed by atoms with Gasteiger partial charge in [0, 0.05) is 31.3 Å². The molecule has 24 heavy (non-hydrogen) atoms. The maximum atomic E-state index is 12.6. The zero-order valence-electron chi connectivity index (χ0n) is 14.4. The third kappa shape index (κ3) is 2.53. The van der Waals surface area contributed by atoms with E-state index in [0.717, 1.165) is 42.8 Å². The molecule has 4 rings (SSSR count). The Kier molecular flexibility index (Phi) is 3.68. The van der Waals surface area contributed by atoms with Crippen molar-refractivity contribution in [3.63, 3.8) is 0 Å². The van der Waals surface area contributed by atoms with E-state index < -0.39 is 0 Å². The van der Waals surface area contributed by atoms with Crippen molar-refractivity contribution in [1.82, 2.24) is 24.9 Å². The molecule has 4 heterocycles. The van der Waals surface area contributed by atoms with E-state index in [1.54, 1.807) is 4.68 Å². The van der Waals surface area contributed by atoms with Gasteiger partial charge in [0.25, 0.3) is 5.91 Å². The van der Waals surface area contributed by atoms with E-state index >= 15 is 0 Å². The Bertz CT molecular complexity index is 770. The molecule has 0 bridgehead atoms. The van der Waals surface area contributed by atoms with Gasteiger partial charge in [-0.05, 0) is 32.8 Å². The van der Waals surface area contributed by atoms with Gasteiger partial charge in [0.1, 0.15) is 0 Å². The largest absolute Gasteiger partial charge is 0.369 e. The van der Waals surface area contributed by atoms with E-state index in [1.807, 2.05) is 25.6 Å². The average molecular weight is 329 g/mol. The molecule has 1 amide bonds. The van der Waals surface area contributed by atoms with Gasteiger partial charge < -0.3 is 10.1 Å². The predicted octanol–water partition coefficient (Wildman–Crippen LogP) is 1.51. The summed E-state index contributed by atoms with van der Waals surface area (Å²) in [5, 5.41) is 11.9. The predicted molar refractivity (Wildman–Crippen MR) is 87.6 cm³/mol. The summed E-state index contributed by atoms with van der Waals surface area (Å²) < 4.78 is 9.65. The van der Waals surface area contributed by atoms with Crippen LogP contribution in [0.5, 0.6) is 0 Å². The lowest BCUT2D eigenvalue weighted by molar-refractivity contribution is -0.00903. The molecule has 0 aliphatic carbocycles. The van der Waals surface area contributed by atoms with Crippen molar-refractivity contribution in [3.8, 4) is 0 Å². The van der Waals surface area contributed by atoms with Crippen LogP contribution in [-0.4, -0.2) is 31.6 Å². The fraction of sp³-hybridized carbons (Fsp3) is 0.588. The van der Waals surface area contributed by atoms with Gasteiger partial charge in [-0.1, -0.05) is 0 Å². The Labute approximate surface area is 141 Å². The number of hydrogen-bond acceptors (Lipinski definition) is 4. The summed E-state index contributed by atoms with van der Waals surface area (Å²) in [7, 11) is 1.87. The van der Waals surface area contributed by atoms with E-state index in [2.05, 4.69) is 21.6 Å². The highest BCUT2D eigenvalue weighted by atomic mass is 16.5. The van der Waals surface area contributed by atoms with Gasteiger partial charge >= 0.3 is 0 Å². The third-order valence-electron chi connectivity index (χ3n) is 4.87. The molecular formula is C17H23N5O2. The first-order chi connectivity index (χ1) is 11.5. The van der Waals surface area contributed by atoms with Crippen molar-refractivity contribution in [1.29, 1.82) is 0 Å². The second-order valence-corrected chi connectivity index (χ2v) is 6.77. The van der Waals surface area contributed by atoms with Gasteiger partial charge in [-0.3, -0.25) is 14.2 Å². The number of aromatic nitrogens is 4. The van der Waals surface area contributed by atoms with Crippen molar-refractivity contribution in [2.45, 2.75) is 58.4 Å². The normalized spacial score (nSPS) is 22.3. The molecule has 2 aromatic heterocycles. The Hall–Kier alpha value is -2.15. The molecule has 0 radical (unpaired) electrons. The first-order valence-electron chi connectivity index (χ1n) is 8.58. The van der Waals surface area contributed by atoms with E-state index in [4.69, 9.17) is 4.74 Å². The van der Waals surface area contributed by atoms with Gasteiger partial charge in [0.05, 0.1) is 30.1 Å². The molecule has 7 nitrogen and oxygen atoms in total. The van der Waals surface area contributed by atoms with E-state index in [9.17, 15) is 4.79 Å². The summed E-state index contributed by atoms with van der Waals surface area (Å²) in [6.07, 6.45) is 3.01. The highest BCUT2D eigenvalue weighted by molar-refractivity contribution is 5.94. The Morgan fingerprint density at radius 3 is 3.04 bits per heavy atom. The first kappa shape index (κ1) is 15.4. The molecule has 128 valence electrons. The van der Waals surface area contributed by atoms with Gasteiger partial charge in [0.2, 0.25) is 0 Å². The molecule has 2 aromatic rings. The minimum atomic E-state index is -0.138. The molecule has 2 atom stereocenters. The zero-order chi connectivity index (χ0) is 16.8. The summed E-state index contributed by atoms with van der Waals surface area (Å²) in [5.74, 6) is -0.138. The van der Waals surface area contributed by atoms with Gasteiger partial charge in [-0.15, -0.1) is 0 Å². The van der Waals surface area contributed by atoms with Crippen LogP contribution in [0.25, 0.3) is 0 Å². The minimum absolute atomic E-state index is 0.0427. The fourth-order valence-corrected chi connectivity index (χ4v) is 3.88. The van der Waals surface area contributed by atoms with Crippen LogP contribution in [-0.2, 0) is 37.7 Å². The van der Waals surface area contributed by atoms with Crippen molar-refractivity contribution < 1.29 is 9.53 Å². The summed E-state index contributed by atoms with van der Waals surface area (Å²) in [5.41, 5.74) is 4.69. The van der Waals surface area contributed by atoms with Crippen LogP contribution in [0.15, 0.2) is 6.07 Å². The SMILES string of the molecule is C[C@@H]1Cc2c(C(=O)NCc3cc4n(n3)CCC4)nn(C)c2[C@H](C)O1. The molecule has 0 saturated carbocycles. The first-order valence-corrected chi connectivity index (χ1v) is 8.58. The highest BCUT2D eigenvalue weighted by Crippen LogP contribution is 2.31. The number of carbonyl (C=O) groups excluding carboxylic acids is 1. The summed E-state index contributed by atoms with van der Waals surface area (Å²) in [6, 6.07) is 2.08. The number of aryl methyl sites for hydroxylation is 3. The van der Waals surface area contributed by atoms with Crippen molar-refractivity contribution >= 4 is 5.91 Å². The molecule has 0 aromatic carbocycles. The van der Waals surface area contributed by atoms with Crippen molar-refractivity contribution in [2.75, 3.05) is 0 Å².